The Balaban J connectivity index is 1.73. The van der Waals surface area contributed by atoms with Crippen molar-refractivity contribution in [2.45, 2.75) is 19.4 Å². The summed E-state index contributed by atoms with van der Waals surface area (Å²) < 4.78 is 13.3. The van der Waals surface area contributed by atoms with Gasteiger partial charge in [0, 0.05) is 6.07 Å². The minimum absolute atomic E-state index is 0.00195. The first-order chi connectivity index (χ1) is 12.3. The Labute approximate surface area is 147 Å². The van der Waals surface area contributed by atoms with Gasteiger partial charge in [0.25, 0.3) is 11.8 Å². The first kappa shape index (κ1) is 17.5. The second kappa shape index (κ2) is 6.54. The standard InChI is InChI=1S/C16H17FN6O3/c1-9(2)16(14(25)20-15(26)21-16)8-18-13(24)12-7-19-23(22-12)11-5-3-4-10(17)6-11/h3-7,9H,8H2,1-2H3,(H,18,24)(H2,20,21,25,26)/t16-/m0/s1. The highest BCUT2D eigenvalue weighted by Gasteiger charge is 2.48. The maximum Gasteiger partial charge on any atom is 0.322 e. The average Bonchev–Trinajstić information content (AvgIpc) is 3.18. The molecule has 10 heteroatoms. The number of hydrogen-bond acceptors (Lipinski definition) is 5. The van der Waals surface area contributed by atoms with Gasteiger partial charge in [-0.15, -0.1) is 5.10 Å². The third kappa shape index (κ3) is 3.13. The molecule has 4 amide bonds. The molecule has 1 fully saturated rings. The second-order valence-corrected chi connectivity index (χ2v) is 6.22. The minimum atomic E-state index is -1.23. The van der Waals surface area contributed by atoms with E-state index in [2.05, 4.69) is 26.1 Å². The zero-order valence-corrected chi connectivity index (χ0v) is 14.1. The predicted molar refractivity (Wildman–Crippen MR) is 87.9 cm³/mol. The average molecular weight is 360 g/mol. The molecule has 0 aliphatic carbocycles. The van der Waals surface area contributed by atoms with Crippen molar-refractivity contribution in [1.29, 1.82) is 0 Å². The summed E-state index contributed by atoms with van der Waals surface area (Å²) in [5, 5.41) is 15.3. The van der Waals surface area contributed by atoms with Gasteiger partial charge in [-0.2, -0.15) is 9.90 Å². The Morgan fingerprint density at radius 3 is 2.77 bits per heavy atom. The largest absolute Gasteiger partial charge is 0.348 e. The summed E-state index contributed by atoms with van der Waals surface area (Å²) >= 11 is 0. The number of imide groups is 1. The van der Waals surface area contributed by atoms with Crippen molar-refractivity contribution in [2.75, 3.05) is 6.54 Å². The maximum atomic E-state index is 13.3. The molecule has 26 heavy (non-hydrogen) atoms. The molecule has 0 radical (unpaired) electrons. The highest BCUT2D eigenvalue weighted by atomic mass is 19.1. The van der Waals surface area contributed by atoms with Gasteiger partial charge in [-0.1, -0.05) is 19.9 Å². The molecule has 0 spiro atoms. The molecule has 3 N–H and O–H groups in total. The molecule has 3 rings (SSSR count). The molecule has 136 valence electrons. The van der Waals surface area contributed by atoms with Gasteiger partial charge in [-0.25, -0.2) is 9.18 Å². The summed E-state index contributed by atoms with van der Waals surface area (Å²) in [6.45, 7) is 3.42. The van der Waals surface area contributed by atoms with Crippen molar-refractivity contribution in [3.8, 4) is 5.69 Å². The van der Waals surface area contributed by atoms with Crippen molar-refractivity contribution in [3.63, 3.8) is 0 Å². The topological polar surface area (TPSA) is 118 Å². The van der Waals surface area contributed by atoms with Crippen molar-refractivity contribution >= 4 is 17.8 Å². The second-order valence-electron chi connectivity index (χ2n) is 6.22. The molecule has 1 aromatic heterocycles. The van der Waals surface area contributed by atoms with Gasteiger partial charge in [0.1, 0.15) is 11.4 Å². The molecule has 1 aliphatic rings. The van der Waals surface area contributed by atoms with E-state index >= 15 is 0 Å². The third-order valence-corrected chi connectivity index (χ3v) is 4.25. The lowest BCUT2D eigenvalue weighted by atomic mass is 9.86. The zero-order chi connectivity index (χ0) is 18.9. The summed E-state index contributed by atoms with van der Waals surface area (Å²) in [6, 6.07) is 5.01. The van der Waals surface area contributed by atoms with Gasteiger partial charge in [-0.3, -0.25) is 14.9 Å². The van der Waals surface area contributed by atoms with Gasteiger partial charge in [0.15, 0.2) is 5.69 Å². The smallest absolute Gasteiger partial charge is 0.322 e. The molecule has 2 aromatic rings. The number of urea groups is 1. The minimum Gasteiger partial charge on any atom is -0.348 e. The number of rotatable bonds is 5. The fourth-order valence-corrected chi connectivity index (χ4v) is 2.64. The van der Waals surface area contributed by atoms with Crippen LogP contribution in [0.3, 0.4) is 0 Å². The number of nitrogens with zero attached hydrogens (tertiary/aromatic N) is 3. The highest BCUT2D eigenvalue weighted by Crippen LogP contribution is 2.20. The van der Waals surface area contributed by atoms with Gasteiger partial charge in [-0.05, 0) is 18.1 Å². The number of carbonyl (C=O) groups is 3. The first-order valence-electron chi connectivity index (χ1n) is 7.92. The first-order valence-corrected chi connectivity index (χ1v) is 7.92. The summed E-state index contributed by atoms with van der Waals surface area (Å²) in [7, 11) is 0. The lowest BCUT2D eigenvalue weighted by Crippen LogP contribution is -2.58. The van der Waals surface area contributed by atoms with E-state index in [1.54, 1.807) is 19.9 Å². The van der Waals surface area contributed by atoms with Crippen LogP contribution in [0.5, 0.6) is 0 Å². The van der Waals surface area contributed by atoms with Crippen LogP contribution in [-0.4, -0.2) is 44.9 Å². The molecule has 1 aliphatic heterocycles. The number of carbonyl (C=O) groups excluding carboxylic acids is 3. The molecule has 1 saturated heterocycles. The zero-order valence-electron chi connectivity index (χ0n) is 14.1. The van der Waals surface area contributed by atoms with Gasteiger partial charge in [0.2, 0.25) is 0 Å². The monoisotopic (exact) mass is 360 g/mol. The van der Waals surface area contributed by atoms with Crippen molar-refractivity contribution < 1.29 is 18.8 Å². The molecule has 9 nitrogen and oxygen atoms in total. The third-order valence-electron chi connectivity index (χ3n) is 4.25. The van der Waals surface area contributed by atoms with Crippen LogP contribution in [0.25, 0.3) is 5.69 Å². The Bertz CT molecular complexity index is 880. The van der Waals surface area contributed by atoms with Crippen LogP contribution in [0.2, 0.25) is 0 Å². The molecule has 1 aromatic carbocycles. The molecule has 0 bridgehead atoms. The molecular weight excluding hydrogens is 343 g/mol. The normalized spacial score (nSPS) is 19.4. The van der Waals surface area contributed by atoms with Gasteiger partial charge < -0.3 is 10.6 Å². The SMILES string of the molecule is CC(C)[C@]1(CNC(=O)c2cnn(-c3cccc(F)c3)n2)NC(=O)NC1=O. The Hall–Kier alpha value is -3.30. The summed E-state index contributed by atoms with van der Waals surface area (Å²) in [5.74, 6) is -1.77. The number of halogens is 1. The van der Waals surface area contributed by atoms with E-state index in [9.17, 15) is 18.8 Å². The van der Waals surface area contributed by atoms with Gasteiger partial charge in [0.05, 0.1) is 18.4 Å². The van der Waals surface area contributed by atoms with E-state index < -0.39 is 29.2 Å². The number of nitrogens with one attached hydrogen (secondary N) is 3. The molecule has 1 atom stereocenters. The van der Waals surface area contributed by atoms with E-state index in [1.165, 1.54) is 24.4 Å². The molecular formula is C16H17FN6O3. The van der Waals surface area contributed by atoms with Crippen LogP contribution in [0.4, 0.5) is 9.18 Å². The van der Waals surface area contributed by atoms with Crippen molar-refractivity contribution in [1.82, 2.24) is 30.9 Å². The van der Waals surface area contributed by atoms with Crippen LogP contribution in [0.1, 0.15) is 24.3 Å². The Kier molecular flexibility index (Phi) is 4.41. The van der Waals surface area contributed by atoms with Crippen molar-refractivity contribution in [2.24, 2.45) is 5.92 Å². The van der Waals surface area contributed by atoms with Crippen LogP contribution in [0, 0.1) is 11.7 Å². The van der Waals surface area contributed by atoms with E-state index in [0.717, 1.165) is 4.80 Å². The van der Waals surface area contributed by atoms with Crippen LogP contribution < -0.4 is 16.0 Å². The Morgan fingerprint density at radius 2 is 2.15 bits per heavy atom. The van der Waals surface area contributed by atoms with Crippen molar-refractivity contribution in [3.05, 3.63) is 42.0 Å². The van der Waals surface area contributed by atoms with E-state index in [1.807, 2.05) is 0 Å². The quantitative estimate of drug-likeness (QED) is 0.666. The predicted octanol–water partition coefficient (Wildman–Crippen LogP) is 0.370. The lowest BCUT2D eigenvalue weighted by molar-refractivity contribution is -0.125. The highest BCUT2D eigenvalue weighted by molar-refractivity contribution is 6.07. The van der Waals surface area contributed by atoms with E-state index in [-0.39, 0.29) is 18.2 Å². The van der Waals surface area contributed by atoms with E-state index in [0.29, 0.717) is 5.69 Å². The summed E-state index contributed by atoms with van der Waals surface area (Å²) in [5.41, 5.74) is -0.867. The number of aromatic nitrogens is 3. The van der Waals surface area contributed by atoms with Crippen LogP contribution in [-0.2, 0) is 4.79 Å². The number of benzene rings is 1. The Morgan fingerprint density at radius 1 is 1.38 bits per heavy atom. The fraction of sp³-hybridized carbons (Fsp3) is 0.312. The number of hydrogen-bond donors (Lipinski definition) is 3. The molecule has 0 saturated carbocycles. The fourth-order valence-electron chi connectivity index (χ4n) is 2.64. The van der Waals surface area contributed by atoms with E-state index in [4.69, 9.17) is 0 Å². The summed E-state index contributed by atoms with van der Waals surface area (Å²) in [6.07, 6.45) is 1.23. The number of amides is 4. The summed E-state index contributed by atoms with van der Waals surface area (Å²) in [4.78, 5) is 37.0. The van der Waals surface area contributed by atoms with Crippen LogP contribution >= 0.6 is 0 Å². The maximum absolute atomic E-state index is 13.3. The van der Waals surface area contributed by atoms with Crippen LogP contribution in [0.15, 0.2) is 30.5 Å². The molecule has 0 unspecified atom stereocenters. The lowest BCUT2D eigenvalue weighted by Gasteiger charge is -2.30. The molecule has 2 heterocycles. The van der Waals surface area contributed by atoms with Gasteiger partial charge >= 0.3 is 6.03 Å².